The molecule has 0 aromatic heterocycles. The SMILES string of the molecule is Cc1cc(C)cc(N2CCNCCC2=O)c1. The van der Waals surface area contributed by atoms with Crippen molar-refractivity contribution in [3.05, 3.63) is 29.3 Å². The molecule has 0 unspecified atom stereocenters. The quantitative estimate of drug-likeness (QED) is 0.777. The van der Waals surface area contributed by atoms with Crippen molar-refractivity contribution in [1.29, 1.82) is 0 Å². The van der Waals surface area contributed by atoms with Gasteiger partial charge in [-0.25, -0.2) is 0 Å². The van der Waals surface area contributed by atoms with E-state index in [9.17, 15) is 4.79 Å². The lowest BCUT2D eigenvalue weighted by Crippen LogP contribution is -2.32. The first-order valence-corrected chi connectivity index (χ1v) is 5.76. The third-order valence-electron chi connectivity index (χ3n) is 2.85. The van der Waals surface area contributed by atoms with E-state index in [0.29, 0.717) is 6.42 Å². The highest BCUT2D eigenvalue weighted by molar-refractivity contribution is 5.93. The smallest absolute Gasteiger partial charge is 0.228 e. The molecule has 1 amide bonds. The summed E-state index contributed by atoms with van der Waals surface area (Å²) in [5.74, 6) is 0.218. The zero-order valence-electron chi connectivity index (χ0n) is 9.92. The van der Waals surface area contributed by atoms with Crippen LogP contribution in [-0.4, -0.2) is 25.5 Å². The number of carbonyl (C=O) groups excluding carboxylic acids is 1. The summed E-state index contributed by atoms with van der Waals surface area (Å²) in [4.78, 5) is 13.8. The number of amides is 1. The molecule has 0 radical (unpaired) electrons. The Hall–Kier alpha value is -1.35. The van der Waals surface area contributed by atoms with Crippen molar-refractivity contribution < 1.29 is 4.79 Å². The highest BCUT2D eigenvalue weighted by Gasteiger charge is 2.17. The average Bonchev–Trinajstić information content (AvgIpc) is 2.41. The number of anilines is 1. The van der Waals surface area contributed by atoms with Crippen molar-refractivity contribution >= 4 is 11.6 Å². The van der Waals surface area contributed by atoms with Crippen LogP contribution in [0.15, 0.2) is 18.2 Å². The van der Waals surface area contributed by atoms with Crippen molar-refractivity contribution in [2.75, 3.05) is 24.5 Å². The fraction of sp³-hybridized carbons (Fsp3) is 0.462. The van der Waals surface area contributed by atoms with Crippen LogP contribution in [0.2, 0.25) is 0 Å². The molecule has 1 fully saturated rings. The molecule has 1 aliphatic rings. The van der Waals surface area contributed by atoms with E-state index in [1.54, 1.807) is 0 Å². The molecular formula is C13H18N2O. The van der Waals surface area contributed by atoms with Crippen LogP contribution in [-0.2, 0) is 4.79 Å². The highest BCUT2D eigenvalue weighted by Crippen LogP contribution is 2.19. The van der Waals surface area contributed by atoms with Crippen LogP contribution < -0.4 is 10.2 Å². The minimum atomic E-state index is 0.218. The molecule has 3 heteroatoms. The predicted molar refractivity (Wildman–Crippen MR) is 65.8 cm³/mol. The summed E-state index contributed by atoms with van der Waals surface area (Å²) in [5.41, 5.74) is 3.45. The van der Waals surface area contributed by atoms with E-state index < -0.39 is 0 Å². The molecule has 0 bridgehead atoms. The number of benzene rings is 1. The standard InChI is InChI=1S/C13H18N2O/c1-10-7-11(2)9-12(8-10)15-6-5-14-4-3-13(15)16/h7-9,14H,3-6H2,1-2H3. The molecule has 16 heavy (non-hydrogen) atoms. The Balaban J connectivity index is 2.30. The molecule has 0 aliphatic carbocycles. The van der Waals surface area contributed by atoms with Gasteiger partial charge in [-0.15, -0.1) is 0 Å². The molecule has 1 aromatic carbocycles. The second-order valence-corrected chi connectivity index (χ2v) is 4.39. The second-order valence-electron chi connectivity index (χ2n) is 4.39. The first kappa shape index (κ1) is 11.1. The first-order valence-electron chi connectivity index (χ1n) is 5.76. The lowest BCUT2D eigenvalue weighted by molar-refractivity contribution is -0.118. The summed E-state index contributed by atoms with van der Waals surface area (Å²) in [5, 5.41) is 3.24. The van der Waals surface area contributed by atoms with Crippen molar-refractivity contribution in [3.63, 3.8) is 0 Å². The summed E-state index contributed by atoms with van der Waals surface area (Å²) in [6, 6.07) is 6.29. The molecule has 1 aliphatic heterocycles. The van der Waals surface area contributed by atoms with E-state index in [1.165, 1.54) is 11.1 Å². The average molecular weight is 218 g/mol. The Morgan fingerprint density at radius 3 is 2.50 bits per heavy atom. The molecule has 3 nitrogen and oxygen atoms in total. The molecule has 86 valence electrons. The summed E-state index contributed by atoms with van der Waals surface area (Å²) < 4.78 is 0. The molecule has 1 N–H and O–H groups in total. The topological polar surface area (TPSA) is 32.3 Å². The molecular weight excluding hydrogens is 200 g/mol. The Morgan fingerprint density at radius 1 is 1.12 bits per heavy atom. The Labute approximate surface area is 96.5 Å². The lowest BCUT2D eigenvalue weighted by atomic mass is 10.1. The molecule has 1 heterocycles. The van der Waals surface area contributed by atoms with Gasteiger partial charge >= 0.3 is 0 Å². The third kappa shape index (κ3) is 2.42. The maximum Gasteiger partial charge on any atom is 0.228 e. The van der Waals surface area contributed by atoms with Gasteiger partial charge in [0.1, 0.15) is 0 Å². The van der Waals surface area contributed by atoms with Gasteiger partial charge in [0.25, 0.3) is 0 Å². The molecule has 0 spiro atoms. The number of hydrogen-bond donors (Lipinski definition) is 1. The van der Waals surface area contributed by atoms with Crippen LogP contribution in [0.25, 0.3) is 0 Å². The van der Waals surface area contributed by atoms with Crippen LogP contribution in [0.3, 0.4) is 0 Å². The minimum Gasteiger partial charge on any atom is -0.314 e. The van der Waals surface area contributed by atoms with Crippen LogP contribution in [0.5, 0.6) is 0 Å². The van der Waals surface area contributed by atoms with E-state index in [0.717, 1.165) is 25.3 Å². The predicted octanol–water partition coefficient (Wildman–Crippen LogP) is 1.63. The summed E-state index contributed by atoms with van der Waals surface area (Å²) in [6.07, 6.45) is 0.590. The van der Waals surface area contributed by atoms with E-state index in [2.05, 4.69) is 37.4 Å². The van der Waals surface area contributed by atoms with Gasteiger partial charge in [0.2, 0.25) is 5.91 Å². The number of aryl methyl sites for hydroxylation is 2. The van der Waals surface area contributed by atoms with Crippen LogP contribution >= 0.6 is 0 Å². The number of hydrogen-bond acceptors (Lipinski definition) is 2. The van der Waals surface area contributed by atoms with Gasteiger partial charge < -0.3 is 10.2 Å². The first-order chi connectivity index (χ1) is 7.66. The molecule has 0 saturated carbocycles. The maximum atomic E-state index is 11.9. The van der Waals surface area contributed by atoms with Crippen molar-refractivity contribution in [3.8, 4) is 0 Å². The van der Waals surface area contributed by atoms with Gasteiger partial charge in [-0.2, -0.15) is 0 Å². The molecule has 1 saturated heterocycles. The van der Waals surface area contributed by atoms with Gasteiger partial charge in [0, 0.05) is 31.7 Å². The van der Waals surface area contributed by atoms with Gasteiger partial charge in [-0.3, -0.25) is 4.79 Å². The number of nitrogens with zero attached hydrogens (tertiary/aromatic N) is 1. The largest absolute Gasteiger partial charge is 0.314 e. The van der Waals surface area contributed by atoms with E-state index in [4.69, 9.17) is 0 Å². The lowest BCUT2D eigenvalue weighted by Gasteiger charge is -2.21. The van der Waals surface area contributed by atoms with Crippen molar-refractivity contribution in [1.82, 2.24) is 5.32 Å². The zero-order chi connectivity index (χ0) is 11.5. The monoisotopic (exact) mass is 218 g/mol. The van der Waals surface area contributed by atoms with Gasteiger partial charge in [0.15, 0.2) is 0 Å². The van der Waals surface area contributed by atoms with E-state index in [-0.39, 0.29) is 5.91 Å². The fourth-order valence-electron chi connectivity index (χ4n) is 2.15. The molecule has 0 atom stereocenters. The normalized spacial score (nSPS) is 17.4. The van der Waals surface area contributed by atoms with Crippen molar-refractivity contribution in [2.24, 2.45) is 0 Å². The summed E-state index contributed by atoms with van der Waals surface area (Å²) >= 11 is 0. The van der Waals surface area contributed by atoms with Crippen LogP contribution in [0.1, 0.15) is 17.5 Å². The van der Waals surface area contributed by atoms with Crippen LogP contribution in [0, 0.1) is 13.8 Å². The Kier molecular flexibility index (Phi) is 3.25. The fourth-order valence-corrected chi connectivity index (χ4v) is 2.15. The number of rotatable bonds is 1. The number of nitrogens with one attached hydrogen (secondary N) is 1. The summed E-state index contributed by atoms with van der Waals surface area (Å²) in [7, 11) is 0. The summed E-state index contributed by atoms with van der Waals surface area (Å²) in [6.45, 7) is 6.56. The Morgan fingerprint density at radius 2 is 1.81 bits per heavy atom. The van der Waals surface area contributed by atoms with E-state index in [1.807, 2.05) is 4.90 Å². The Bertz CT molecular complexity index is 381. The molecule has 2 rings (SSSR count). The number of carbonyl (C=O) groups is 1. The minimum absolute atomic E-state index is 0.218. The van der Waals surface area contributed by atoms with E-state index >= 15 is 0 Å². The van der Waals surface area contributed by atoms with Gasteiger partial charge in [-0.1, -0.05) is 6.07 Å². The zero-order valence-corrected chi connectivity index (χ0v) is 9.92. The van der Waals surface area contributed by atoms with Crippen LogP contribution in [0.4, 0.5) is 5.69 Å². The third-order valence-corrected chi connectivity index (χ3v) is 2.85. The maximum absolute atomic E-state index is 11.9. The second kappa shape index (κ2) is 4.66. The molecule has 1 aromatic rings. The highest BCUT2D eigenvalue weighted by atomic mass is 16.2. The van der Waals surface area contributed by atoms with Gasteiger partial charge in [-0.05, 0) is 37.1 Å². The van der Waals surface area contributed by atoms with Crippen molar-refractivity contribution in [2.45, 2.75) is 20.3 Å². The van der Waals surface area contributed by atoms with Gasteiger partial charge in [0.05, 0.1) is 0 Å².